The molecule has 0 aliphatic carbocycles. The maximum Gasteiger partial charge on any atom is 0.0895 e. The molecular formula is C22H23ClN2O. The van der Waals surface area contributed by atoms with Gasteiger partial charge in [-0.3, -0.25) is 0 Å². The molecule has 0 spiro atoms. The predicted molar refractivity (Wildman–Crippen MR) is 111 cm³/mol. The lowest BCUT2D eigenvalue weighted by atomic mass is 9.88. The molecule has 1 aromatic heterocycles. The molecule has 1 aliphatic heterocycles. The Balaban J connectivity index is 2.15. The first-order valence-electron chi connectivity index (χ1n) is 8.87. The fraction of sp³-hybridized carbons (Fsp3) is 0.273. The number of halogens is 1. The van der Waals surface area contributed by atoms with Crippen molar-refractivity contribution >= 4 is 28.2 Å². The molecular weight excluding hydrogens is 344 g/mol. The standard InChI is InChI=1S/C22H23ClN2O/c1-13-11-19-20(16-5-7-17(23)8-6-16)18(12-14(2)26)15(3)21-22(19)25(13)10-9-24(21)4/h5-8,11,26H,2,9-10,12H2,1,3-4H3. The zero-order valence-electron chi connectivity index (χ0n) is 15.4. The number of nitrogens with zero attached hydrogens (tertiary/aromatic N) is 2. The van der Waals surface area contributed by atoms with E-state index in [4.69, 9.17) is 11.6 Å². The minimum absolute atomic E-state index is 0.185. The third-order valence-electron chi connectivity index (χ3n) is 5.46. The minimum atomic E-state index is 0.185. The molecule has 0 amide bonds. The SMILES string of the molecule is C=C(O)Cc1c(C)c2c3c(cc(C)n3CCN2C)c1-c1ccc(Cl)cc1. The van der Waals surface area contributed by atoms with E-state index in [1.165, 1.54) is 33.4 Å². The van der Waals surface area contributed by atoms with Crippen LogP contribution < -0.4 is 4.90 Å². The Bertz CT molecular complexity index is 1030. The fourth-order valence-corrected chi connectivity index (χ4v) is 4.41. The summed E-state index contributed by atoms with van der Waals surface area (Å²) in [4.78, 5) is 2.33. The van der Waals surface area contributed by atoms with E-state index < -0.39 is 0 Å². The van der Waals surface area contributed by atoms with E-state index in [1.54, 1.807) is 0 Å². The van der Waals surface area contributed by atoms with Gasteiger partial charge >= 0.3 is 0 Å². The highest BCUT2D eigenvalue weighted by atomic mass is 35.5. The van der Waals surface area contributed by atoms with Crippen molar-refractivity contribution in [2.24, 2.45) is 0 Å². The summed E-state index contributed by atoms with van der Waals surface area (Å²) in [6.45, 7) is 10.0. The summed E-state index contributed by atoms with van der Waals surface area (Å²) >= 11 is 6.11. The smallest absolute Gasteiger partial charge is 0.0895 e. The molecule has 4 heteroatoms. The molecule has 0 radical (unpaired) electrons. The first kappa shape index (κ1) is 17.0. The zero-order valence-corrected chi connectivity index (χ0v) is 16.2. The lowest BCUT2D eigenvalue weighted by Gasteiger charge is -2.31. The van der Waals surface area contributed by atoms with Crippen LogP contribution in [0.5, 0.6) is 0 Å². The van der Waals surface area contributed by atoms with Crippen molar-refractivity contribution in [2.45, 2.75) is 26.8 Å². The Labute approximate surface area is 159 Å². The molecule has 0 unspecified atom stereocenters. The lowest BCUT2D eigenvalue weighted by Crippen LogP contribution is -2.29. The third-order valence-corrected chi connectivity index (χ3v) is 5.71. The van der Waals surface area contributed by atoms with Gasteiger partial charge in [-0.1, -0.05) is 30.3 Å². The van der Waals surface area contributed by atoms with Gasteiger partial charge in [0, 0.05) is 42.7 Å². The van der Waals surface area contributed by atoms with Gasteiger partial charge in [-0.25, -0.2) is 0 Å². The molecule has 3 aromatic rings. The van der Waals surface area contributed by atoms with Crippen LogP contribution in [0, 0.1) is 13.8 Å². The minimum Gasteiger partial charge on any atom is -0.513 e. The van der Waals surface area contributed by atoms with Crippen LogP contribution in [0.1, 0.15) is 16.8 Å². The molecule has 1 aliphatic rings. The first-order valence-corrected chi connectivity index (χ1v) is 9.25. The van der Waals surface area contributed by atoms with Crippen molar-refractivity contribution in [1.29, 1.82) is 0 Å². The summed E-state index contributed by atoms with van der Waals surface area (Å²) in [5, 5.41) is 11.9. The normalized spacial score (nSPS) is 13.5. The van der Waals surface area contributed by atoms with Crippen LogP contribution in [0.25, 0.3) is 22.0 Å². The van der Waals surface area contributed by atoms with E-state index in [-0.39, 0.29) is 5.76 Å². The van der Waals surface area contributed by atoms with E-state index in [2.05, 4.69) is 55.1 Å². The maximum atomic E-state index is 9.99. The molecule has 4 rings (SSSR count). The van der Waals surface area contributed by atoms with Crippen LogP contribution in [0.2, 0.25) is 5.02 Å². The molecule has 0 bridgehead atoms. The van der Waals surface area contributed by atoms with Crippen molar-refractivity contribution in [3.05, 3.63) is 64.5 Å². The fourth-order valence-electron chi connectivity index (χ4n) is 4.28. The second-order valence-corrected chi connectivity index (χ2v) is 7.63. The van der Waals surface area contributed by atoms with Gasteiger partial charge in [-0.2, -0.15) is 0 Å². The van der Waals surface area contributed by atoms with Gasteiger partial charge in [0.1, 0.15) is 0 Å². The molecule has 3 nitrogen and oxygen atoms in total. The second-order valence-electron chi connectivity index (χ2n) is 7.20. The van der Waals surface area contributed by atoms with Crippen LogP contribution in [0.3, 0.4) is 0 Å². The largest absolute Gasteiger partial charge is 0.513 e. The Kier molecular flexibility index (Phi) is 4.00. The number of aryl methyl sites for hydroxylation is 1. The van der Waals surface area contributed by atoms with Crippen LogP contribution in [-0.2, 0) is 13.0 Å². The van der Waals surface area contributed by atoms with E-state index in [0.29, 0.717) is 6.42 Å². The van der Waals surface area contributed by atoms with Crippen molar-refractivity contribution in [3.8, 4) is 11.1 Å². The average molecular weight is 367 g/mol. The highest BCUT2D eigenvalue weighted by molar-refractivity contribution is 6.30. The van der Waals surface area contributed by atoms with Gasteiger partial charge in [0.05, 0.1) is 17.0 Å². The molecule has 0 fully saturated rings. The highest BCUT2D eigenvalue weighted by Crippen LogP contribution is 2.44. The number of rotatable bonds is 3. The number of hydrogen-bond donors (Lipinski definition) is 1. The third kappa shape index (κ3) is 2.50. The Morgan fingerprint density at radius 3 is 2.54 bits per heavy atom. The molecule has 0 atom stereocenters. The van der Waals surface area contributed by atoms with Gasteiger partial charge in [0.2, 0.25) is 0 Å². The predicted octanol–water partition coefficient (Wildman–Crippen LogP) is 5.64. The van der Waals surface area contributed by atoms with Crippen LogP contribution in [0.15, 0.2) is 42.7 Å². The Hall–Kier alpha value is -2.39. The summed E-state index contributed by atoms with van der Waals surface area (Å²) in [5.41, 5.74) is 8.44. The van der Waals surface area contributed by atoms with Gasteiger partial charge in [-0.05, 0) is 54.3 Å². The van der Waals surface area contributed by atoms with Crippen LogP contribution >= 0.6 is 11.6 Å². The van der Waals surface area contributed by atoms with Crippen molar-refractivity contribution in [3.63, 3.8) is 0 Å². The number of anilines is 1. The number of allylic oxidation sites excluding steroid dienone is 1. The van der Waals surface area contributed by atoms with Crippen LogP contribution in [0.4, 0.5) is 5.69 Å². The topological polar surface area (TPSA) is 28.4 Å². The summed E-state index contributed by atoms with van der Waals surface area (Å²) in [7, 11) is 2.15. The molecule has 2 aromatic carbocycles. The Morgan fingerprint density at radius 1 is 1.19 bits per heavy atom. The molecule has 134 valence electrons. The number of aliphatic hydroxyl groups excluding tert-OH is 1. The molecule has 26 heavy (non-hydrogen) atoms. The number of aromatic nitrogens is 1. The summed E-state index contributed by atoms with van der Waals surface area (Å²) in [6, 6.07) is 10.2. The van der Waals surface area contributed by atoms with Gasteiger partial charge in [-0.15, -0.1) is 0 Å². The molecule has 1 N–H and O–H groups in total. The summed E-state index contributed by atoms with van der Waals surface area (Å²) < 4.78 is 2.41. The number of aliphatic hydroxyl groups is 1. The molecule has 0 saturated heterocycles. The molecule has 0 saturated carbocycles. The second kappa shape index (κ2) is 6.10. The number of likely N-dealkylation sites (N-methyl/N-ethyl adjacent to an activating group) is 1. The highest BCUT2D eigenvalue weighted by Gasteiger charge is 2.26. The summed E-state index contributed by atoms with van der Waals surface area (Å²) in [6.07, 6.45) is 0.449. The maximum absolute atomic E-state index is 9.99. The quantitative estimate of drug-likeness (QED) is 0.607. The number of benzene rings is 2. The van der Waals surface area contributed by atoms with Gasteiger partial charge in [0.15, 0.2) is 0 Å². The van der Waals surface area contributed by atoms with E-state index in [0.717, 1.165) is 29.2 Å². The van der Waals surface area contributed by atoms with Crippen molar-refractivity contribution < 1.29 is 5.11 Å². The van der Waals surface area contributed by atoms with Gasteiger partial charge in [0.25, 0.3) is 0 Å². The Morgan fingerprint density at radius 2 is 1.88 bits per heavy atom. The lowest BCUT2D eigenvalue weighted by molar-refractivity contribution is 0.401. The van der Waals surface area contributed by atoms with E-state index in [1.807, 2.05) is 12.1 Å². The molecule has 2 heterocycles. The monoisotopic (exact) mass is 366 g/mol. The van der Waals surface area contributed by atoms with Crippen LogP contribution in [-0.4, -0.2) is 23.3 Å². The average Bonchev–Trinajstić information content (AvgIpc) is 2.91. The summed E-state index contributed by atoms with van der Waals surface area (Å²) in [5.74, 6) is 0.185. The number of hydrogen-bond acceptors (Lipinski definition) is 2. The van der Waals surface area contributed by atoms with Crippen molar-refractivity contribution in [1.82, 2.24) is 4.57 Å². The first-order chi connectivity index (χ1) is 12.4. The van der Waals surface area contributed by atoms with E-state index in [9.17, 15) is 5.11 Å². The van der Waals surface area contributed by atoms with Gasteiger partial charge < -0.3 is 14.6 Å². The van der Waals surface area contributed by atoms with E-state index >= 15 is 0 Å². The van der Waals surface area contributed by atoms with Crippen molar-refractivity contribution in [2.75, 3.05) is 18.5 Å². The zero-order chi connectivity index (χ0) is 18.6.